The molecule has 0 aromatic rings. The van der Waals surface area contributed by atoms with Crippen LogP contribution in [-0.2, 0) is 14.3 Å². The second-order valence-electron chi connectivity index (χ2n) is 8.52. The van der Waals surface area contributed by atoms with E-state index in [-0.39, 0.29) is 17.6 Å². The lowest BCUT2D eigenvalue weighted by Crippen LogP contribution is -2.49. The molecule has 0 atom stereocenters. The van der Waals surface area contributed by atoms with Crippen LogP contribution in [0.25, 0.3) is 0 Å². The molecule has 1 aliphatic carbocycles. The van der Waals surface area contributed by atoms with Crippen molar-refractivity contribution in [3.05, 3.63) is 11.6 Å². The van der Waals surface area contributed by atoms with Gasteiger partial charge in [0, 0.05) is 11.6 Å². The zero-order valence-corrected chi connectivity index (χ0v) is 15.5. The zero-order chi connectivity index (χ0) is 17.9. The molecule has 1 aliphatic rings. The number of alkyl carbamates (subject to hydrolysis) is 1. The molecule has 0 bridgehead atoms. The first-order chi connectivity index (χ1) is 10.3. The molecular formula is C18H31NO4. The molecule has 0 aliphatic heterocycles. The predicted octanol–water partition coefficient (Wildman–Crippen LogP) is 4.11. The lowest BCUT2D eigenvalue weighted by molar-refractivity contribution is -0.148. The average Bonchev–Trinajstić information content (AvgIpc) is 2.27. The molecule has 1 fully saturated rings. The van der Waals surface area contributed by atoms with Gasteiger partial charge >= 0.3 is 12.1 Å². The number of nitrogens with one attached hydrogen (secondary N) is 1. The summed E-state index contributed by atoms with van der Waals surface area (Å²) in [7, 11) is 0. The van der Waals surface area contributed by atoms with Crippen molar-refractivity contribution in [3.8, 4) is 0 Å². The summed E-state index contributed by atoms with van der Waals surface area (Å²) in [5.41, 5.74) is -0.206. The Bertz CT molecular complexity index is 470. The van der Waals surface area contributed by atoms with Gasteiger partial charge in [0.05, 0.1) is 0 Å². The number of amides is 1. The fourth-order valence-corrected chi connectivity index (χ4v) is 2.44. The molecule has 0 unspecified atom stereocenters. The molecule has 0 aromatic carbocycles. The van der Waals surface area contributed by atoms with E-state index in [9.17, 15) is 9.59 Å². The maximum atomic E-state index is 11.9. The van der Waals surface area contributed by atoms with Crippen LogP contribution in [0.15, 0.2) is 11.6 Å². The van der Waals surface area contributed by atoms with Gasteiger partial charge in [-0.1, -0.05) is 5.57 Å². The minimum atomic E-state index is -0.503. The third-order valence-corrected chi connectivity index (χ3v) is 3.53. The Hall–Kier alpha value is -1.52. The van der Waals surface area contributed by atoms with Crippen LogP contribution < -0.4 is 5.32 Å². The molecule has 0 saturated heterocycles. The maximum absolute atomic E-state index is 11.9. The molecule has 1 N–H and O–H groups in total. The molecular weight excluding hydrogens is 294 g/mol. The minimum absolute atomic E-state index is 0.295. The topological polar surface area (TPSA) is 64.6 Å². The van der Waals surface area contributed by atoms with Crippen LogP contribution in [0.4, 0.5) is 4.79 Å². The van der Waals surface area contributed by atoms with E-state index in [4.69, 9.17) is 9.47 Å². The highest BCUT2D eigenvalue weighted by atomic mass is 16.6. The van der Waals surface area contributed by atoms with Crippen LogP contribution in [-0.4, -0.2) is 28.8 Å². The second kappa shape index (κ2) is 6.93. The van der Waals surface area contributed by atoms with Crippen LogP contribution in [0.3, 0.4) is 0 Å². The number of rotatable bonds is 2. The highest BCUT2D eigenvalue weighted by Gasteiger charge is 2.32. The van der Waals surface area contributed by atoms with Crippen LogP contribution >= 0.6 is 0 Å². The third kappa shape index (κ3) is 8.05. The Labute approximate surface area is 139 Å². The lowest BCUT2D eigenvalue weighted by atomic mass is 9.80. The van der Waals surface area contributed by atoms with Crippen molar-refractivity contribution in [2.75, 3.05) is 0 Å². The molecule has 1 rings (SSSR count). The first-order valence-electron chi connectivity index (χ1n) is 8.22. The molecule has 0 spiro atoms. The zero-order valence-electron chi connectivity index (χ0n) is 15.5. The summed E-state index contributed by atoms with van der Waals surface area (Å²) in [6, 6.07) is 0. The molecule has 0 heterocycles. The van der Waals surface area contributed by atoms with Gasteiger partial charge in [-0.15, -0.1) is 0 Å². The summed E-state index contributed by atoms with van der Waals surface area (Å²) in [6.07, 6.45) is 4.30. The van der Waals surface area contributed by atoms with Gasteiger partial charge in [0.2, 0.25) is 0 Å². The van der Waals surface area contributed by atoms with E-state index in [1.807, 2.05) is 48.5 Å². The van der Waals surface area contributed by atoms with E-state index in [1.54, 1.807) is 6.08 Å². The van der Waals surface area contributed by atoms with E-state index >= 15 is 0 Å². The molecule has 1 amide bonds. The highest BCUT2D eigenvalue weighted by molar-refractivity contribution is 5.83. The van der Waals surface area contributed by atoms with Crippen molar-refractivity contribution >= 4 is 12.1 Å². The van der Waals surface area contributed by atoms with E-state index in [0.717, 1.165) is 31.3 Å². The Morgan fingerprint density at radius 1 is 1.00 bits per heavy atom. The number of carbonyl (C=O) groups excluding carboxylic acids is 2. The highest BCUT2D eigenvalue weighted by Crippen LogP contribution is 2.32. The maximum Gasteiger partial charge on any atom is 0.408 e. The Kier molecular flexibility index (Phi) is 5.89. The van der Waals surface area contributed by atoms with Gasteiger partial charge in [0.1, 0.15) is 11.2 Å². The number of ether oxygens (including phenoxy) is 2. The van der Waals surface area contributed by atoms with E-state index < -0.39 is 11.2 Å². The minimum Gasteiger partial charge on any atom is -0.457 e. The lowest BCUT2D eigenvalue weighted by Gasteiger charge is -2.36. The van der Waals surface area contributed by atoms with Crippen LogP contribution in [0.1, 0.15) is 74.1 Å². The number of carbonyl (C=O) groups is 2. The van der Waals surface area contributed by atoms with Gasteiger partial charge < -0.3 is 14.8 Å². The van der Waals surface area contributed by atoms with Crippen molar-refractivity contribution in [3.63, 3.8) is 0 Å². The smallest absolute Gasteiger partial charge is 0.408 e. The molecule has 1 saturated carbocycles. The molecule has 23 heavy (non-hydrogen) atoms. The molecule has 0 radical (unpaired) electrons. The summed E-state index contributed by atoms with van der Waals surface area (Å²) in [6.45, 7) is 13.1. The number of hydrogen-bond donors (Lipinski definition) is 1. The number of hydrogen-bond acceptors (Lipinski definition) is 4. The Morgan fingerprint density at radius 3 is 1.91 bits per heavy atom. The van der Waals surface area contributed by atoms with Crippen LogP contribution in [0.2, 0.25) is 0 Å². The molecule has 5 nitrogen and oxygen atoms in total. The fourth-order valence-electron chi connectivity index (χ4n) is 2.44. The fraction of sp³-hybridized carbons (Fsp3) is 0.778. The van der Waals surface area contributed by atoms with Crippen LogP contribution in [0, 0.1) is 0 Å². The van der Waals surface area contributed by atoms with Crippen molar-refractivity contribution < 1.29 is 19.1 Å². The standard InChI is InChI=1S/C18H31NO4/c1-16(2,3)22-14(20)12-13-8-10-18(7,11-9-13)19-15(21)23-17(4,5)6/h12H,8-11H2,1-7H3,(H,19,21). The summed E-state index contributed by atoms with van der Waals surface area (Å²) in [5, 5.41) is 2.96. The van der Waals surface area contributed by atoms with Gasteiger partial charge in [-0.25, -0.2) is 9.59 Å². The second-order valence-corrected chi connectivity index (χ2v) is 8.52. The molecule has 132 valence electrons. The Morgan fingerprint density at radius 2 is 1.48 bits per heavy atom. The summed E-state index contributed by atoms with van der Waals surface area (Å²) < 4.78 is 10.6. The van der Waals surface area contributed by atoms with Gasteiger partial charge in [-0.3, -0.25) is 0 Å². The SMILES string of the molecule is CC1(NC(=O)OC(C)(C)C)CCC(=CC(=O)OC(C)(C)C)CC1. The van der Waals surface area contributed by atoms with Gasteiger partial charge in [-0.05, 0) is 74.1 Å². The van der Waals surface area contributed by atoms with Crippen molar-refractivity contribution in [2.24, 2.45) is 0 Å². The molecule has 5 heteroatoms. The first-order valence-corrected chi connectivity index (χ1v) is 8.22. The van der Waals surface area contributed by atoms with E-state index in [0.29, 0.717) is 0 Å². The first kappa shape index (κ1) is 19.5. The number of allylic oxidation sites excluding steroid dienone is 1. The monoisotopic (exact) mass is 325 g/mol. The normalized spacial score (nSPS) is 22.3. The van der Waals surface area contributed by atoms with Gasteiger partial charge in [-0.2, -0.15) is 0 Å². The van der Waals surface area contributed by atoms with Gasteiger partial charge in [0.15, 0.2) is 0 Å². The summed E-state index contributed by atoms with van der Waals surface area (Å²) in [4.78, 5) is 23.8. The average molecular weight is 325 g/mol. The quantitative estimate of drug-likeness (QED) is 0.613. The summed E-state index contributed by atoms with van der Waals surface area (Å²) >= 11 is 0. The van der Waals surface area contributed by atoms with E-state index in [2.05, 4.69) is 5.32 Å². The van der Waals surface area contributed by atoms with Gasteiger partial charge in [0.25, 0.3) is 0 Å². The third-order valence-electron chi connectivity index (χ3n) is 3.53. The molecule has 0 aromatic heterocycles. The van der Waals surface area contributed by atoms with Crippen molar-refractivity contribution in [2.45, 2.75) is 90.9 Å². The van der Waals surface area contributed by atoms with Crippen LogP contribution in [0.5, 0.6) is 0 Å². The number of esters is 1. The Balaban J connectivity index is 2.54. The van der Waals surface area contributed by atoms with Crippen molar-refractivity contribution in [1.29, 1.82) is 0 Å². The van der Waals surface area contributed by atoms with E-state index in [1.165, 1.54) is 0 Å². The predicted molar refractivity (Wildman–Crippen MR) is 90.2 cm³/mol. The van der Waals surface area contributed by atoms with Crippen molar-refractivity contribution in [1.82, 2.24) is 5.32 Å². The largest absolute Gasteiger partial charge is 0.457 e. The summed E-state index contributed by atoms with van der Waals surface area (Å²) in [5.74, 6) is -0.295.